The SMILES string of the molecule is C[C@@H]1CCCN1CCc1cc2[nH]c(-c3ccc4ncccc4c3)cc2s1. The smallest absolute Gasteiger partial charge is 0.0702 e. The van der Waals surface area contributed by atoms with Crippen LogP contribution in [-0.4, -0.2) is 34.0 Å². The average Bonchev–Trinajstić information content (AvgIpc) is 3.34. The van der Waals surface area contributed by atoms with Crippen LogP contribution in [0.2, 0.25) is 0 Å². The van der Waals surface area contributed by atoms with Gasteiger partial charge in [-0.25, -0.2) is 0 Å². The largest absolute Gasteiger partial charge is 0.354 e. The molecule has 0 saturated carbocycles. The van der Waals surface area contributed by atoms with Crippen LogP contribution in [-0.2, 0) is 6.42 Å². The van der Waals surface area contributed by atoms with Crippen molar-refractivity contribution < 1.29 is 0 Å². The molecule has 26 heavy (non-hydrogen) atoms. The average molecular weight is 362 g/mol. The predicted octanol–water partition coefficient (Wildman–Crippen LogP) is 5.47. The number of rotatable bonds is 4. The van der Waals surface area contributed by atoms with Gasteiger partial charge in [-0.3, -0.25) is 4.98 Å². The van der Waals surface area contributed by atoms with Crippen molar-refractivity contribution in [3.05, 3.63) is 53.5 Å². The zero-order chi connectivity index (χ0) is 17.5. The van der Waals surface area contributed by atoms with Crippen LogP contribution < -0.4 is 0 Å². The number of nitrogens with one attached hydrogen (secondary N) is 1. The maximum Gasteiger partial charge on any atom is 0.0702 e. The van der Waals surface area contributed by atoms with Crippen molar-refractivity contribution >= 4 is 32.5 Å². The van der Waals surface area contributed by atoms with Crippen LogP contribution >= 0.6 is 11.3 Å². The van der Waals surface area contributed by atoms with Gasteiger partial charge < -0.3 is 9.88 Å². The third-order valence-electron chi connectivity index (χ3n) is 5.61. The van der Waals surface area contributed by atoms with E-state index in [4.69, 9.17) is 0 Å². The Bertz CT molecular complexity index is 1030. The number of hydrogen-bond donors (Lipinski definition) is 1. The monoisotopic (exact) mass is 361 g/mol. The molecular formula is C22H23N3S. The highest BCUT2D eigenvalue weighted by Gasteiger charge is 2.19. The van der Waals surface area contributed by atoms with Crippen LogP contribution in [0.3, 0.4) is 0 Å². The lowest BCUT2D eigenvalue weighted by Crippen LogP contribution is -2.28. The Morgan fingerprint density at radius 1 is 1.23 bits per heavy atom. The summed E-state index contributed by atoms with van der Waals surface area (Å²) in [5.74, 6) is 0. The topological polar surface area (TPSA) is 31.9 Å². The summed E-state index contributed by atoms with van der Waals surface area (Å²) in [6, 6.07) is 16.0. The number of thiophene rings is 1. The molecule has 1 fully saturated rings. The lowest BCUT2D eigenvalue weighted by Gasteiger charge is -2.20. The number of aromatic amines is 1. The number of hydrogen-bond acceptors (Lipinski definition) is 3. The molecule has 0 radical (unpaired) electrons. The molecule has 1 saturated heterocycles. The van der Waals surface area contributed by atoms with E-state index in [9.17, 15) is 0 Å². The summed E-state index contributed by atoms with van der Waals surface area (Å²) in [6.45, 7) is 4.82. The number of nitrogens with zero attached hydrogens (tertiary/aromatic N) is 2. The van der Waals surface area contributed by atoms with Gasteiger partial charge in [0, 0.05) is 34.7 Å². The van der Waals surface area contributed by atoms with E-state index >= 15 is 0 Å². The molecule has 1 aliphatic heterocycles. The highest BCUT2D eigenvalue weighted by Crippen LogP contribution is 2.32. The van der Waals surface area contributed by atoms with E-state index in [1.54, 1.807) is 0 Å². The van der Waals surface area contributed by atoms with Crippen LogP contribution in [0.15, 0.2) is 48.7 Å². The van der Waals surface area contributed by atoms with Crippen LogP contribution in [0, 0.1) is 0 Å². The van der Waals surface area contributed by atoms with E-state index in [0.29, 0.717) is 0 Å². The van der Waals surface area contributed by atoms with E-state index in [2.05, 4.69) is 58.2 Å². The third kappa shape index (κ3) is 2.93. The molecule has 3 aromatic heterocycles. The van der Waals surface area contributed by atoms with Gasteiger partial charge in [-0.1, -0.05) is 12.1 Å². The van der Waals surface area contributed by atoms with Crippen LogP contribution in [0.25, 0.3) is 32.4 Å². The van der Waals surface area contributed by atoms with Crippen molar-refractivity contribution in [1.82, 2.24) is 14.9 Å². The lowest BCUT2D eigenvalue weighted by molar-refractivity contribution is 0.273. The van der Waals surface area contributed by atoms with Crippen molar-refractivity contribution in [3.8, 4) is 11.3 Å². The standard InChI is InChI=1S/C22H23N3S/c1-15-4-3-10-25(15)11-8-18-13-21-22(26-18)14-20(24-21)17-6-7-19-16(12-17)5-2-9-23-19/h2,5-7,9,12-15,24H,3-4,8,10-11H2,1H3/t15-/m1/s1. The summed E-state index contributed by atoms with van der Waals surface area (Å²) >= 11 is 1.93. The fourth-order valence-electron chi connectivity index (χ4n) is 4.08. The Labute approximate surface area is 157 Å². The van der Waals surface area contributed by atoms with Gasteiger partial charge in [-0.15, -0.1) is 11.3 Å². The molecule has 4 heterocycles. The Morgan fingerprint density at radius 3 is 3.04 bits per heavy atom. The molecule has 0 aliphatic carbocycles. The molecule has 0 unspecified atom stereocenters. The van der Waals surface area contributed by atoms with Crippen molar-refractivity contribution in [2.75, 3.05) is 13.1 Å². The maximum absolute atomic E-state index is 4.41. The van der Waals surface area contributed by atoms with Gasteiger partial charge >= 0.3 is 0 Å². The minimum Gasteiger partial charge on any atom is -0.354 e. The minimum atomic E-state index is 0.758. The summed E-state index contributed by atoms with van der Waals surface area (Å²) in [7, 11) is 0. The van der Waals surface area contributed by atoms with Gasteiger partial charge in [-0.2, -0.15) is 0 Å². The molecule has 4 aromatic rings. The Hall–Kier alpha value is -2.17. The van der Waals surface area contributed by atoms with Crippen LogP contribution in [0.4, 0.5) is 0 Å². The van der Waals surface area contributed by atoms with Gasteiger partial charge in [0.05, 0.1) is 15.7 Å². The van der Waals surface area contributed by atoms with Crippen LogP contribution in [0.5, 0.6) is 0 Å². The van der Waals surface area contributed by atoms with Crippen molar-refractivity contribution in [2.24, 2.45) is 0 Å². The van der Waals surface area contributed by atoms with Gasteiger partial charge in [0.15, 0.2) is 0 Å². The maximum atomic E-state index is 4.41. The second-order valence-electron chi connectivity index (χ2n) is 7.36. The van der Waals surface area contributed by atoms with E-state index in [0.717, 1.165) is 18.0 Å². The first-order valence-corrected chi connectivity index (χ1v) is 10.3. The van der Waals surface area contributed by atoms with Crippen molar-refractivity contribution in [1.29, 1.82) is 0 Å². The molecule has 4 heteroatoms. The van der Waals surface area contributed by atoms with Gasteiger partial charge in [0.25, 0.3) is 0 Å². The minimum absolute atomic E-state index is 0.758. The molecule has 0 bridgehead atoms. The van der Waals surface area contributed by atoms with Gasteiger partial charge in [0.1, 0.15) is 0 Å². The molecule has 5 rings (SSSR count). The molecule has 0 amide bonds. The molecular weight excluding hydrogens is 338 g/mol. The Balaban J connectivity index is 1.37. The second-order valence-corrected chi connectivity index (χ2v) is 8.53. The first kappa shape index (κ1) is 16.0. The number of benzene rings is 1. The zero-order valence-corrected chi connectivity index (χ0v) is 15.9. The lowest BCUT2D eigenvalue weighted by atomic mass is 10.1. The fourth-order valence-corrected chi connectivity index (χ4v) is 5.12. The first-order chi connectivity index (χ1) is 12.8. The molecule has 3 nitrogen and oxygen atoms in total. The Kier molecular flexibility index (Phi) is 4.03. The molecule has 1 aliphatic rings. The highest BCUT2D eigenvalue weighted by atomic mass is 32.1. The van der Waals surface area contributed by atoms with Crippen LogP contribution in [0.1, 0.15) is 24.6 Å². The summed E-state index contributed by atoms with van der Waals surface area (Å²) in [5, 5.41) is 1.18. The predicted molar refractivity (Wildman–Crippen MR) is 111 cm³/mol. The molecule has 0 spiro atoms. The number of aromatic nitrogens is 2. The first-order valence-electron chi connectivity index (χ1n) is 9.47. The Morgan fingerprint density at radius 2 is 2.19 bits per heavy atom. The number of likely N-dealkylation sites (tertiary alicyclic amines) is 1. The van der Waals surface area contributed by atoms with Gasteiger partial charge in [0.2, 0.25) is 0 Å². The molecule has 1 aromatic carbocycles. The summed E-state index contributed by atoms with van der Waals surface area (Å²) < 4.78 is 1.36. The quantitative estimate of drug-likeness (QED) is 0.522. The number of pyridine rings is 1. The summed E-state index contributed by atoms with van der Waals surface area (Å²) in [5.41, 5.74) is 4.72. The van der Waals surface area contributed by atoms with Crippen molar-refractivity contribution in [3.63, 3.8) is 0 Å². The number of H-pyrrole nitrogens is 1. The summed E-state index contributed by atoms with van der Waals surface area (Å²) in [4.78, 5) is 12.1. The normalized spacial score (nSPS) is 18.3. The zero-order valence-electron chi connectivity index (χ0n) is 15.0. The van der Waals surface area contributed by atoms with E-state index < -0.39 is 0 Å². The summed E-state index contributed by atoms with van der Waals surface area (Å²) in [6.07, 6.45) is 5.72. The molecule has 1 N–H and O–H groups in total. The molecule has 132 valence electrons. The van der Waals surface area contributed by atoms with E-state index in [1.165, 1.54) is 57.7 Å². The third-order valence-corrected chi connectivity index (χ3v) is 6.75. The van der Waals surface area contributed by atoms with Gasteiger partial charge in [-0.05, 0) is 68.6 Å². The molecule has 1 atom stereocenters. The fraction of sp³-hybridized carbons (Fsp3) is 0.318. The van der Waals surface area contributed by atoms with E-state index in [-0.39, 0.29) is 0 Å². The van der Waals surface area contributed by atoms with E-state index in [1.807, 2.05) is 23.6 Å². The second kappa shape index (κ2) is 6.53. The number of fused-ring (bicyclic) bond motifs is 2. The highest BCUT2D eigenvalue weighted by molar-refractivity contribution is 7.19. The van der Waals surface area contributed by atoms with Crippen molar-refractivity contribution in [2.45, 2.75) is 32.2 Å².